The number of fused-ring (bicyclic) bond motifs is 2. The maximum atomic E-state index is 12.1. The second-order valence-electron chi connectivity index (χ2n) is 6.59. The van der Waals surface area contributed by atoms with Gasteiger partial charge in [-0.3, -0.25) is 0 Å². The summed E-state index contributed by atoms with van der Waals surface area (Å²) in [6.07, 6.45) is 5.42. The van der Waals surface area contributed by atoms with Crippen LogP contribution in [0.25, 0.3) is 0 Å². The molecule has 3 aliphatic rings. The quantitative estimate of drug-likeness (QED) is 0.770. The Morgan fingerprint density at radius 1 is 1.36 bits per heavy atom. The molecule has 3 fully saturated rings. The summed E-state index contributed by atoms with van der Waals surface area (Å²) in [5.41, 5.74) is 0.355. The van der Waals surface area contributed by atoms with E-state index < -0.39 is 10.0 Å². The number of ether oxygens (including phenoxy) is 1. The van der Waals surface area contributed by atoms with Crippen molar-refractivity contribution in [2.24, 2.45) is 11.3 Å². The van der Waals surface area contributed by atoms with Crippen molar-refractivity contribution in [2.75, 3.05) is 19.7 Å². The minimum absolute atomic E-state index is 0.355. The number of thiophene rings is 1. The largest absolute Gasteiger partial charge is 0.377 e. The third-order valence-electron chi connectivity index (χ3n) is 5.58. The molecule has 0 amide bonds. The first-order chi connectivity index (χ1) is 10.6. The summed E-state index contributed by atoms with van der Waals surface area (Å²) in [7, 11) is -3.34. The zero-order chi connectivity index (χ0) is 15.2. The van der Waals surface area contributed by atoms with Crippen molar-refractivity contribution in [3.05, 3.63) is 17.5 Å². The first-order valence-electron chi connectivity index (χ1n) is 8.02. The van der Waals surface area contributed by atoms with Crippen LogP contribution in [0.2, 0.25) is 0 Å². The van der Waals surface area contributed by atoms with E-state index in [9.17, 15) is 8.42 Å². The fourth-order valence-electron chi connectivity index (χ4n) is 4.46. The molecule has 1 saturated heterocycles. The zero-order valence-electron chi connectivity index (χ0n) is 12.5. The van der Waals surface area contributed by atoms with Crippen molar-refractivity contribution >= 4 is 21.4 Å². The molecule has 2 aliphatic carbocycles. The molecule has 2 heterocycles. The molecule has 1 aromatic heterocycles. The Balaban J connectivity index is 1.29. The number of rotatable bonds is 6. The number of sulfonamides is 1. The van der Waals surface area contributed by atoms with Crippen LogP contribution in [0.5, 0.6) is 0 Å². The van der Waals surface area contributed by atoms with Gasteiger partial charge < -0.3 is 10.1 Å². The van der Waals surface area contributed by atoms with Crippen LogP contribution in [0.4, 0.5) is 0 Å². The van der Waals surface area contributed by atoms with E-state index in [-0.39, 0.29) is 0 Å². The zero-order valence-corrected chi connectivity index (χ0v) is 14.1. The summed E-state index contributed by atoms with van der Waals surface area (Å²) in [6.45, 7) is 2.01. The minimum atomic E-state index is -3.34. The molecule has 4 rings (SSSR count). The number of hydrogen-bond donors (Lipinski definition) is 2. The molecule has 2 saturated carbocycles. The number of nitrogens with one attached hydrogen (secondary N) is 2. The minimum Gasteiger partial charge on any atom is -0.377 e. The molecule has 1 spiro atoms. The van der Waals surface area contributed by atoms with Crippen LogP contribution < -0.4 is 10.0 Å². The summed E-state index contributed by atoms with van der Waals surface area (Å²) in [5, 5.41) is 5.38. The van der Waals surface area contributed by atoms with Gasteiger partial charge in [0, 0.05) is 37.1 Å². The molecule has 1 aliphatic heterocycles. The molecule has 0 radical (unpaired) electrons. The Morgan fingerprint density at radius 2 is 2.23 bits per heavy atom. The van der Waals surface area contributed by atoms with Gasteiger partial charge in [-0.05, 0) is 30.7 Å². The van der Waals surface area contributed by atoms with E-state index in [1.807, 2.05) is 0 Å². The standard InChI is InChI=1S/C15H22N2O3S2/c18-22(19,12-3-1-10-21-12)17-8-7-16-13-11-4-9-20-14(11)15(13)5-2-6-15/h1,3,10-11,13-14,16-17H,2,4-9H2/t11-,13-,14+/m1/s1. The van der Waals surface area contributed by atoms with E-state index in [1.54, 1.807) is 17.5 Å². The van der Waals surface area contributed by atoms with Crippen molar-refractivity contribution in [1.29, 1.82) is 0 Å². The Morgan fingerprint density at radius 3 is 2.91 bits per heavy atom. The Kier molecular flexibility index (Phi) is 3.81. The molecular weight excluding hydrogens is 320 g/mol. The van der Waals surface area contributed by atoms with Gasteiger partial charge in [-0.25, -0.2) is 13.1 Å². The summed E-state index contributed by atoms with van der Waals surface area (Å²) >= 11 is 1.25. The molecule has 0 aromatic carbocycles. The van der Waals surface area contributed by atoms with Gasteiger partial charge in [-0.15, -0.1) is 11.3 Å². The van der Waals surface area contributed by atoms with Crippen LogP contribution in [-0.2, 0) is 14.8 Å². The van der Waals surface area contributed by atoms with Gasteiger partial charge in [0.1, 0.15) is 4.21 Å². The highest BCUT2D eigenvalue weighted by Gasteiger charge is 2.66. The van der Waals surface area contributed by atoms with Crippen molar-refractivity contribution in [3.8, 4) is 0 Å². The lowest BCUT2D eigenvalue weighted by Gasteiger charge is -2.63. The van der Waals surface area contributed by atoms with E-state index in [1.165, 1.54) is 30.6 Å². The van der Waals surface area contributed by atoms with Gasteiger partial charge in [-0.2, -0.15) is 0 Å². The van der Waals surface area contributed by atoms with Crippen molar-refractivity contribution < 1.29 is 13.2 Å². The highest BCUT2D eigenvalue weighted by molar-refractivity contribution is 7.91. The molecule has 0 unspecified atom stereocenters. The average Bonchev–Trinajstić information content (AvgIpc) is 3.07. The van der Waals surface area contributed by atoms with Crippen molar-refractivity contribution in [2.45, 2.75) is 42.0 Å². The first-order valence-corrected chi connectivity index (χ1v) is 10.4. The summed E-state index contributed by atoms with van der Waals surface area (Å²) in [5.74, 6) is 0.634. The lowest BCUT2D eigenvalue weighted by Crippen LogP contribution is -2.71. The van der Waals surface area contributed by atoms with Crippen molar-refractivity contribution in [3.63, 3.8) is 0 Å². The fourth-order valence-corrected chi connectivity index (χ4v) is 6.53. The molecule has 7 heteroatoms. The van der Waals surface area contributed by atoms with Gasteiger partial charge in [0.2, 0.25) is 10.0 Å². The predicted molar refractivity (Wildman–Crippen MR) is 85.4 cm³/mol. The maximum Gasteiger partial charge on any atom is 0.250 e. The predicted octanol–water partition coefficient (Wildman–Crippen LogP) is 1.57. The van der Waals surface area contributed by atoms with Crippen LogP contribution in [0.1, 0.15) is 25.7 Å². The SMILES string of the molecule is O=S(=O)(NCCN[C@@H]1[C@H]2CCO[C@@H]2C12CCC2)c1cccs1. The van der Waals surface area contributed by atoms with Crippen molar-refractivity contribution in [1.82, 2.24) is 10.0 Å². The van der Waals surface area contributed by atoms with Gasteiger partial charge >= 0.3 is 0 Å². The third-order valence-corrected chi connectivity index (χ3v) is 8.44. The lowest BCUT2D eigenvalue weighted by atomic mass is 9.46. The van der Waals surface area contributed by atoms with Gasteiger partial charge in [-0.1, -0.05) is 12.5 Å². The Labute approximate surface area is 135 Å². The number of hydrogen-bond acceptors (Lipinski definition) is 5. The molecule has 1 aromatic rings. The molecule has 22 heavy (non-hydrogen) atoms. The van der Waals surface area contributed by atoms with Gasteiger partial charge in [0.15, 0.2) is 0 Å². The monoisotopic (exact) mass is 342 g/mol. The molecule has 3 atom stereocenters. The smallest absolute Gasteiger partial charge is 0.250 e. The van der Waals surface area contributed by atoms with Gasteiger partial charge in [0.05, 0.1) is 6.10 Å². The molecule has 5 nitrogen and oxygen atoms in total. The highest BCUT2D eigenvalue weighted by Crippen LogP contribution is 2.62. The first kappa shape index (κ1) is 15.1. The molecule has 122 valence electrons. The average molecular weight is 342 g/mol. The normalized spacial score (nSPS) is 32.5. The van der Waals surface area contributed by atoms with E-state index in [2.05, 4.69) is 10.0 Å². The van der Waals surface area contributed by atoms with E-state index in [4.69, 9.17) is 4.74 Å². The van der Waals surface area contributed by atoms with Crippen LogP contribution >= 0.6 is 11.3 Å². The Bertz CT molecular complexity index is 625. The summed E-state index contributed by atoms with van der Waals surface area (Å²) < 4.78 is 33.1. The summed E-state index contributed by atoms with van der Waals surface area (Å²) in [6, 6.07) is 3.91. The van der Waals surface area contributed by atoms with E-state index in [0.717, 1.165) is 13.0 Å². The maximum absolute atomic E-state index is 12.1. The topological polar surface area (TPSA) is 67.4 Å². The van der Waals surface area contributed by atoms with Crippen LogP contribution in [0.15, 0.2) is 21.7 Å². The fraction of sp³-hybridized carbons (Fsp3) is 0.733. The third kappa shape index (κ3) is 2.26. The molecular formula is C15H22N2O3S2. The lowest BCUT2D eigenvalue weighted by molar-refractivity contribution is -0.175. The summed E-state index contributed by atoms with van der Waals surface area (Å²) in [4.78, 5) is 0. The van der Waals surface area contributed by atoms with Gasteiger partial charge in [0.25, 0.3) is 0 Å². The second-order valence-corrected chi connectivity index (χ2v) is 9.53. The van der Waals surface area contributed by atoms with E-state index >= 15 is 0 Å². The van der Waals surface area contributed by atoms with Crippen LogP contribution in [0, 0.1) is 11.3 Å². The van der Waals surface area contributed by atoms with E-state index in [0.29, 0.717) is 40.8 Å². The van der Waals surface area contributed by atoms with Crippen LogP contribution in [-0.4, -0.2) is 40.3 Å². The molecule has 2 N–H and O–H groups in total. The Hall–Kier alpha value is -0.470. The molecule has 0 bridgehead atoms. The highest BCUT2D eigenvalue weighted by atomic mass is 32.2. The van der Waals surface area contributed by atoms with Crippen LogP contribution in [0.3, 0.4) is 0 Å². The second kappa shape index (κ2) is 5.56.